The summed E-state index contributed by atoms with van der Waals surface area (Å²) in [6.45, 7) is 1.73. The predicted octanol–water partition coefficient (Wildman–Crippen LogP) is 1.93. The van der Waals surface area contributed by atoms with Crippen molar-refractivity contribution in [3.63, 3.8) is 0 Å². The van der Waals surface area contributed by atoms with Gasteiger partial charge in [0.15, 0.2) is 0 Å². The molecule has 0 rings (SSSR count). The molecule has 1 unspecified atom stereocenters. The minimum atomic E-state index is -3.77. The van der Waals surface area contributed by atoms with Crippen LogP contribution in [0.5, 0.6) is 0 Å². The third-order valence-electron chi connectivity index (χ3n) is 7.96. The van der Waals surface area contributed by atoms with Crippen molar-refractivity contribution in [3.05, 3.63) is 0 Å². The summed E-state index contributed by atoms with van der Waals surface area (Å²) in [5, 5.41) is 0. The van der Waals surface area contributed by atoms with Gasteiger partial charge in [0.1, 0.15) is 0 Å². The Kier molecular flexibility index (Phi) is 22.4. The SMILES string of the molecule is CO[Si](C)(OC)O[Si](CC[Si](OC)(OC)OC)(OC)O[Si](CC[Si](OC)(OC)O[Si](CC[Si](OC)(OC)OC)(OC)OC)(OC)OC. The molecule has 0 aromatic carbocycles. The van der Waals surface area contributed by atoms with Crippen molar-refractivity contribution >= 4 is 61.6 Å². The van der Waals surface area contributed by atoms with Crippen molar-refractivity contribution < 1.29 is 78.7 Å². The molecule has 0 aliphatic carbocycles. The van der Waals surface area contributed by atoms with Gasteiger partial charge in [-0.05, 0) is 0 Å². The zero-order valence-electron chi connectivity index (χ0n) is 31.1. The van der Waals surface area contributed by atoms with E-state index in [0.29, 0.717) is 12.1 Å². The summed E-state index contributed by atoms with van der Waals surface area (Å²) in [7, 11) is -1.16. The highest BCUT2D eigenvalue weighted by Crippen LogP contribution is 2.35. The number of rotatable bonds is 30. The van der Waals surface area contributed by atoms with Gasteiger partial charge in [0.2, 0.25) is 0 Å². The van der Waals surface area contributed by atoms with E-state index in [1.807, 2.05) is 0 Å². The summed E-state index contributed by atoms with van der Waals surface area (Å²) in [5.74, 6) is 0. The second kappa shape index (κ2) is 22.0. The summed E-state index contributed by atoms with van der Waals surface area (Å²) in [5.41, 5.74) is 0. The predicted molar refractivity (Wildman–Crippen MR) is 183 cm³/mol. The zero-order valence-corrected chi connectivity index (χ0v) is 38.1. The third kappa shape index (κ3) is 13.1. The fraction of sp³-hybridized carbons (Fsp3) is 1.00. The smallest absolute Gasteiger partial charge is 0.378 e. The lowest BCUT2D eigenvalue weighted by Crippen LogP contribution is -2.64. The van der Waals surface area contributed by atoms with Crippen LogP contribution in [0, 0.1) is 0 Å². The first-order valence-corrected chi connectivity index (χ1v) is 28.3. The van der Waals surface area contributed by atoms with Crippen LogP contribution in [0.15, 0.2) is 0 Å². The Hall–Kier alpha value is 0.798. The van der Waals surface area contributed by atoms with E-state index in [1.54, 1.807) is 6.55 Å². The lowest BCUT2D eigenvalue weighted by Gasteiger charge is -2.41. The molecule has 0 N–H and O–H groups in total. The van der Waals surface area contributed by atoms with E-state index in [2.05, 4.69) is 0 Å². The molecule has 0 aromatic rings. The first kappa shape index (κ1) is 47.8. The van der Waals surface area contributed by atoms with Crippen molar-refractivity contribution in [2.45, 2.75) is 42.8 Å². The van der Waals surface area contributed by atoms with E-state index in [1.165, 1.54) is 107 Å². The highest BCUT2D eigenvalue weighted by molar-refractivity contribution is 6.82. The van der Waals surface area contributed by atoms with Crippen molar-refractivity contribution in [1.29, 1.82) is 0 Å². The molecule has 0 amide bonds. The van der Waals surface area contributed by atoms with Gasteiger partial charge in [0.05, 0.1) is 0 Å². The first-order chi connectivity index (χ1) is 22.2. The van der Waals surface area contributed by atoms with Gasteiger partial charge in [0, 0.05) is 149 Å². The van der Waals surface area contributed by atoms with Gasteiger partial charge in [0.25, 0.3) is 0 Å². The van der Waals surface area contributed by atoms with Crippen LogP contribution >= 0.6 is 0 Å². The summed E-state index contributed by atoms with van der Waals surface area (Å²) < 4.78 is 107. The molecule has 0 saturated heterocycles. The fourth-order valence-corrected chi connectivity index (χ4v) is 28.2. The van der Waals surface area contributed by atoms with E-state index in [-0.39, 0.29) is 24.2 Å². The molecule has 47 heavy (non-hydrogen) atoms. The standard InChI is InChI=1S/C22H60O18Si7/c1-23-41(16,24-2)38-47(37-15,22-18-43(28-6,29-7)30-8)40-46(35-13,36-14)21-20-45(33-11,34-12)39-44(31-9,32-10)19-17-42(25-3,26-4)27-5/h17-22H2,1-16H3. The molecule has 0 saturated carbocycles. The minimum Gasteiger partial charge on any atom is -0.378 e. The van der Waals surface area contributed by atoms with Crippen LogP contribution in [0.1, 0.15) is 0 Å². The highest BCUT2D eigenvalue weighted by Gasteiger charge is 2.61. The maximum Gasteiger partial charge on any atom is 0.500 e. The Morgan fingerprint density at radius 3 is 0.638 bits per heavy atom. The third-order valence-corrected chi connectivity index (χ3v) is 31.9. The molecule has 0 radical (unpaired) electrons. The minimum absolute atomic E-state index is 0.166. The van der Waals surface area contributed by atoms with Gasteiger partial charge in [-0.2, -0.15) is 0 Å². The van der Waals surface area contributed by atoms with Crippen LogP contribution in [0.3, 0.4) is 0 Å². The van der Waals surface area contributed by atoms with Crippen LogP contribution in [0.4, 0.5) is 0 Å². The van der Waals surface area contributed by atoms with Crippen molar-refractivity contribution in [1.82, 2.24) is 0 Å². The van der Waals surface area contributed by atoms with Gasteiger partial charge >= 0.3 is 61.6 Å². The summed E-state index contributed by atoms with van der Waals surface area (Å²) in [6.07, 6.45) is 0. The Morgan fingerprint density at radius 2 is 0.426 bits per heavy atom. The fourth-order valence-electron chi connectivity index (χ4n) is 4.53. The summed E-state index contributed by atoms with van der Waals surface area (Å²) in [6, 6.07) is 1.49. The van der Waals surface area contributed by atoms with E-state index in [0.717, 1.165) is 0 Å². The zero-order chi connectivity index (χ0) is 36.5. The van der Waals surface area contributed by atoms with Crippen LogP contribution in [0.2, 0.25) is 42.8 Å². The molecule has 18 nitrogen and oxygen atoms in total. The van der Waals surface area contributed by atoms with Gasteiger partial charge in [-0.25, -0.2) is 0 Å². The van der Waals surface area contributed by atoms with Crippen LogP contribution < -0.4 is 0 Å². The van der Waals surface area contributed by atoms with Gasteiger partial charge in [-0.15, -0.1) is 0 Å². The Morgan fingerprint density at radius 1 is 0.234 bits per heavy atom. The molecule has 0 spiro atoms. The Bertz CT molecular complexity index is 814. The van der Waals surface area contributed by atoms with Crippen LogP contribution in [-0.2, 0) is 78.7 Å². The Balaban J connectivity index is 6.64. The maximum atomic E-state index is 6.78. The summed E-state index contributed by atoms with van der Waals surface area (Å²) >= 11 is 0. The van der Waals surface area contributed by atoms with Gasteiger partial charge in [-0.3, -0.25) is 0 Å². The van der Waals surface area contributed by atoms with E-state index < -0.39 is 61.6 Å². The van der Waals surface area contributed by atoms with E-state index in [4.69, 9.17) is 78.7 Å². The Labute approximate surface area is 289 Å². The summed E-state index contributed by atoms with van der Waals surface area (Å²) in [4.78, 5) is 0. The van der Waals surface area contributed by atoms with Crippen molar-refractivity contribution in [2.24, 2.45) is 0 Å². The number of hydrogen-bond donors (Lipinski definition) is 0. The van der Waals surface area contributed by atoms with Gasteiger partial charge < -0.3 is 78.7 Å². The highest BCUT2D eigenvalue weighted by atomic mass is 28.5. The van der Waals surface area contributed by atoms with E-state index in [9.17, 15) is 0 Å². The molecule has 0 bridgehead atoms. The molecule has 0 fully saturated rings. The molecule has 25 heteroatoms. The molecular formula is C22H60O18Si7. The topological polar surface area (TPSA) is 166 Å². The first-order valence-electron chi connectivity index (χ1n) is 14.5. The van der Waals surface area contributed by atoms with Gasteiger partial charge in [-0.1, -0.05) is 0 Å². The molecule has 0 aromatic heterocycles. The van der Waals surface area contributed by atoms with Crippen molar-refractivity contribution in [2.75, 3.05) is 107 Å². The molecule has 0 heterocycles. The normalized spacial score (nSPS) is 15.3. The average molecular weight is 809 g/mol. The quantitative estimate of drug-likeness (QED) is 0.0966. The average Bonchev–Trinajstić information content (AvgIpc) is 3.13. The lowest BCUT2D eigenvalue weighted by atomic mass is 10.9. The second-order valence-corrected chi connectivity index (χ2v) is 31.3. The van der Waals surface area contributed by atoms with Crippen molar-refractivity contribution in [3.8, 4) is 0 Å². The second-order valence-electron chi connectivity index (χ2n) is 9.83. The monoisotopic (exact) mass is 808 g/mol. The van der Waals surface area contributed by atoms with Crippen LogP contribution in [-0.4, -0.2) is 168 Å². The lowest BCUT2D eigenvalue weighted by molar-refractivity contribution is 0.0677. The molecule has 284 valence electrons. The van der Waals surface area contributed by atoms with Crippen LogP contribution in [0.25, 0.3) is 0 Å². The molecule has 0 aliphatic rings. The van der Waals surface area contributed by atoms with E-state index >= 15 is 0 Å². The largest absolute Gasteiger partial charge is 0.500 e. The molecule has 1 atom stereocenters. The number of hydrogen-bond acceptors (Lipinski definition) is 18. The molecular weight excluding hydrogens is 749 g/mol. The maximum absolute atomic E-state index is 6.78. The molecule has 0 aliphatic heterocycles.